The molecule has 1 unspecified atom stereocenters. The predicted octanol–water partition coefficient (Wildman–Crippen LogP) is -0.799. The summed E-state index contributed by atoms with van der Waals surface area (Å²) < 4.78 is 0. The molecule has 0 spiro atoms. The van der Waals surface area contributed by atoms with Crippen molar-refractivity contribution in [2.45, 2.75) is 6.04 Å². The number of halogens is 2. The Bertz CT molecular complexity index is 80.2. The minimum Gasteiger partial charge on any atom is -0.480 e. The molecule has 6 heteroatoms. The van der Waals surface area contributed by atoms with E-state index in [0.717, 1.165) is 0 Å². The Morgan fingerprint density at radius 2 is 1.89 bits per heavy atom. The molecule has 0 aliphatic rings. The zero-order chi connectivity index (χ0) is 5.86. The number of nitrogens with two attached hydrogens (primary N) is 2. The summed E-state index contributed by atoms with van der Waals surface area (Å²) >= 11 is 0. The molecule has 0 aliphatic heterocycles. The smallest absolute Gasteiger partial charge is 0.321 e. The van der Waals surface area contributed by atoms with Crippen LogP contribution in [0, 0.1) is 0 Å². The molecular formula is C3H10Cl2N2O2. The SMILES string of the molecule is Cl.Cl.NCC(N)C(=O)O. The van der Waals surface area contributed by atoms with Crippen molar-refractivity contribution in [2.24, 2.45) is 11.5 Å². The van der Waals surface area contributed by atoms with E-state index in [0.29, 0.717) is 0 Å². The minimum absolute atomic E-state index is 0. The van der Waals surface area contributed by atoms with Gasteiger partial charge >= 0.3 is 5.97 Å². The first-order valence-corrected chi connectivity index (χ1v) is 1.87. The Kier molecular flexibility index (Phi) is 14.2. The van der Waals surface area contributed by atoms with E-state index in [1.807, 2.05) is 0 Å². The van der Waals surface area contributed by atoms with Crippen molar-refractivity contribution in [3.63, 3.8) is 0 Å². The van der Waals surface area contributed by atoms with Gasteiger partial charge in [-0.2, -0.15) is 0 Å². The van der Waals surface area contributed by atoms with Gasteiger partial charge in [0.2, 0.25) is 0 Å². The molecule has 0 saturated carbocycles. The second kappa shape index (κ2) is 7.97. The second-order valence-electron chi connectivity index (χ2n) is 1.18. The van der Waals surface area contributed by atoms with Gasteiger partial charge in [-0.15, -0.1) is 24.8 Å². The fourth-order valence-corrected chi connectivity index (χ4v) is 0.101. The summed E-state index contributed by atoms with van der Waals surface area (Å²) in [4.78, 5) is 9.73. The highest BCUT2D eigenvalue weighted by atomic mass is 35.5. The molecule has 9 heavy (non-hydrogen) atoms. The lowest BCUT2D eigenvalue weighted by molar-refractivity contribution is -0.138. The molecule has 0 aromatic carbocycles. The maximum atomic E-state index is 9.73. The molecule has 0 rings (SSSR count). The fraction of sp³-hybridized carbons (Fsp3) is 0.667. The summed E-state index contributed by atoms with van der Waals surface area (Å²) in [5.41, 5.74) is 9.76. The first kappa shape index (κ1) is 16.0. The van der Waals surface area contributed by atoms with Gasteiger partial charge in [0.1, 0.15) is 6.04 Å². The van der Waals surface area contributed by atoms with Crippen molar-refractivity contribution >= 4 is 30.8 Å². The molecule has 0 amide bonds. The topological polar surface area (TPSA) is 89.3 Å². The molecule has 0 fully saturated rings. The summed E-state index contributed by atoms with van der Waals surface area (Å²) in [7, 11) is 0. The van der Waals surface area contributed by atoms with Crippen molar-refractivity contribution in [3.8, 4) is 0 Å². The third-order valence-corrected chi connectivity index (χ3v) is 0.571. The van der Waals surface area contributed by atoms with Crippen LogP contribution in [0.5, 0.6) is 0 Å². The van der Waals surface area contributed by atoms with Crippen molar-refractivity contribution < 1.29 is 9.90 Å². The number of rotatable bonds is 2. The number of aliphatic carboxylic acids is 1. The largest absolute Gasteiger partial charge is 0.480 e. The predicted molar refractivity (Wildman–Crippen MR) is 39.2 cm³/mol. The summed E-state index contributed by atoms with van der Waals surface area (Å²) in [6.07, 6.45) is 0. The molecular weight excluding hydrogens is 167 g/mol. The van der Waals surface area contributed by atoms with Crippen LogP contribution in [0.15, 0.2) is 0 Å². The number of hydrogen-bond donors (Lipinski definition) is 3. The molecule has 0 radical (unpaired) electrons. The van der Waals surface area contributed by atoms with Crippen LogP contribution in [0.1, 0.15) is 0 Å². The summed E-state index contributed by atoms with van der Waals surface area (Å²) in [5, 5.41) is 7.98. The van der Waals surface area contributed by atoms with Crippen LogP contribution in [0.2, 0.25) is 0 Å². The number of carboxylic acid groups (broad SMARTS) is 1. The van der Waals surface area contributed by atoms with E-state index in [1.165, 1.54) is 0 Å². The quantitative estimate of drug-likeness (QED) is 0.515. The zero-order valence-corrected chi connectivity index (χ0v) is 6.24. The molecule has 5 N–H and O–H groups in total. The van der Waals surface area contributed by atoms with Crippen LogP contribution >= 0.6 is 24.8 Å². The van der Waals surface area contributed by atoms with Gasteiger partial charge < -0.3 is 16.6 Å². The molecule has 58 valence electrons. The number of hydrogen-bond acceptors (Lipinski definition) is 3. The van der Waals surface area contributed by atoms with Gasteiger partial charge in [-0.25, -0.2) is 0 Å². The van der Waals surface area contributed by atoms with Gasteiger partial charge in [-0.05, 0) is 0 Å². The van der Waals surface area contributed by atoms with Crippen molar-refractivity contribution in [1.82, 2.24) is 0 Å². The van der Waals surface area contributed by atoms with E-state index in [4.69, 9.17) is 16.6 Å². The van der Waals surface area contributed by atoms with Crippen LogP contribution in [0.3, 0.4) is 0 Å². The third-order valence-electron chi connectivity index (χ3n) is 0.571. The van der Waals surface area contributed by atoms with Gasteiger partial charge in [0.15, 0.2) is 0 Å². The Hall–Kier alpha value is -0.0300. The molecule has 1 atom stereocenters. The molecule has 0 bridgehead atoms. The first-order chi connectivity index (χ1) is 3.18. The molecule has 0 saturated heterocycles. The Morgan fingerprint density at radius 1 is 1.56 bits per heavy atom. The van der Waals surface area contributed by atoms with Gasteiger partial charge in [0, 0.05) is 6.54 Å². The molecule has 0 heterocycles. The minimum atomic E-state index is -1.05. The standard InChI is InChI=1S/C3H8N2O2.2ClH/c4-1-2(5)3(6)7;;/h2H,1,4-5H2,(H,6,7);2*1H. The molecule has 4 nitrogen and oxygen atoms in total. The zero-order valence-electron chi connectivity index (χ0n) is 4.61. The summed E-state index contributed by atoms with van der Waals surface area (Å²) in [6, 6.07) is -0.903. The van der Waals surface area contributed by atoms with Crippen molar-refractivity contribution in [1.29, 1.82) is 0 Å². The lowest BCUT2D eigenvalue weighted by Gasteiger charge is -1.97. The average Bonchev–Trinajstić information content (AvgIpc) is 1.65. The van der Waals surface area contributed by atoms with Gasteiger partial charge in [-0.1, -0.05) is 0 Å². The fourth-order valence-electron chi connectivity index (χ4n) is 0.101. The summed E-state index contributed by atoms with van der Waals surface area (Å²) in [6.45, 7) is -0.00463. The van der Waals surface area contributed by atoms with Crippen LogP contribution in [-0.4, -0.2) is 23.7 Å². The Morgan fingerprint density at radius 3 is 1.89 bits per heavy atom. The van der Waals surface area contributed by atoms with Crippen LogP contribution < -0.4 is 11.5 Å². The second-order valence-corrected chi connectivity index (χ2v) is 1.18. The third kappa shape index (κ3) is 7.97. The van der Waals surface area contributed by atoms with Gasteiger partial charge in [-0.3, -0.25) is 4.79 Å². The lowest BCUT2D eigenvalue weighted by atomic mass is 10.3. The monoisotopic (exact) mass is 176 g/mol. The van der Waals surface area contributed by atoms with Crippen molar-refractivity contribution in [3.05, 3.63) is 0 Å². The lowest BCUT2D eigenvalue weighted by Crippen LogP contribution is -2.37. The van der Waals surface area contributed by atoms with E-state index >= 15 is 0 Å². The van der Waals surface area contributed by atoms with E-state index in [9.17, 15) is 4.79 Å². The average molecular weight is 177 g/mol. The highest BCUT2D eigenvalue weighted by molar-refractivity contribution is 5.85. The van der Waals surface area contributed by atoms with E-state index in [2.05, 4.69) is 0 Å². The van der Waals surface area contributed by atoms with Gasteiger partial charge in [0.25, 0.3) is 0 Å². The highest BCUT2D eigenvalue weighted by Crippen LogP contribution is 1.68. The highest BCUT2D eigenvalue weighted by Gasteiger charge is 2.05. The van der Waals surface area contributed by atoms with Crippen LogP contribution in [0.4, 0.5) is 0 Å². The normalized spacial score (nSPS) is 10.4. The maximum Gasteiger partial charge on any atom is 0.321 e. The Labute approximate surface area is 65.4 Å². The number of carbonyl (C=O) groups is 1. The maximum absolute atomic E-state index is 9.73. The van der Waals surface area contributed by atoms with Crippen LogP contribution in [0.25, 0.3) is 0 Å². The molecule has 0 aliphatic carbocycles. The number of carboxylic acids is 1. The van der Waals surface area contributed by atoms with Gasteiger partial charge in [0.05, 0.1) is 0 Å². The van der Waals surface area contributed by atoms with E-state index < -0.39 is 12.0 Å². The molecule has 0 aromatic heterocycles. The summed E-state index contributed by atoms with van der Waals surface area (Å²) in [5.74, 6) is -1.05. The van der Waals surface area contributed by atoms with Crippen molar-refractivity contribution in [2.75, 3.05) is 6.54 Å². The Balaban J connectivity index is -0.000000180. The van der Waals surface area contributed by atoms with E-state index in [-0.39, 0.29) is 31.4 Å². The van der Waals surface area contributed by atoms with E-state index in [1.54, 1.807) is 0 Å². The molecule has 0 aromatic rings. The first-order valence-electron chi connectivity index (χ1n) is 1.87. The van der Waals surface area contributed by atoms with Crippen LogP contribution in [-0.2, 0) is 4.79 Å².